The van der Waals surface area contributed by atoms with Crippen molar-refractivity contribution in [2.75, 3.05) is 18.9 Å². The number of hydrogen-bond donors (Lipinski definition) is 3. The molecule has 19 heavy (non-hydrogen) atoms. The van der Waals surface area contributed by atoms with Crippen LogP contribution in [0.2, 0.25) is 0 Å². The lowest BCUT2D eigenvalue weighted by Crippen LogP contribution is -2.13. The molecule has 2 aliphatic rings. The molecule has 1 fully saturated rings. The Kier molecular flexibility index (Phi) is 6.04. The molecule has 1 aliphatic heterocycles. The molecule has 0 aromatic carbocycles. The Bertz CT molecular complexity index is 412. The molecule has 1 amide bonds. The van der Waals surface area contributed by atoms with Gasteiger partial charge in [-0.3, -0.25) is 14.4 Å². The number of carboxylic acids is 1. The molecule has 0 spiro atoms. The minimum atomic E-state index is -0.878. The summed E-state index contributed by atoms with van der Waals surface area (Å²) in [5.74, 6) is -0.275. The van der Waals surface area contributed by atoms with E-state index in [0.717, 1.165) is 5.57 Å². The second-order valence-corrected chi connectivity index (χ2v) is 5.56. The van der Waals surface area contributed by atoms with Crippen LogP contribution in [0.15, 0.2) is 11.1 Å². The number of ketones is 1. The van der Waals surface area contributed by atoms with E-state index in [9.17, 15) is 14.4 Å². The molecule has 2 rings (SSSR count). The summed E-state index contributed by atoms with van der Waals surface area (Å²) in [5.41, 5.74) is 1.39. The average Bonchev–Trinajstić information content (AvgIpc) is 3.06. The van der Waals surface area contributed by atoms with Crippen molar-refractivity contribution in [1.82, 2.24) is 5.32 Å². The second-order valence-electron chi connectivity index (χ2n) is 4.23. The lowest BCUT2D eigenvalue weighted by molar-refractivity contribution is -0.136. The zero-order chi connectivity index (χ0) is 14.4. The molecular formula is C12H17NO5S. The van der Waals surface area contributed by atoms with Gasteiger partial charge in [0, 0.05) is 17.7 Å². The first-order valence-electron chi connectivity index (χ1n) is 5.91. The van der Waals surface area contributed by atoms with Gasteiger partial charge in [-0.05, 0) is 18.9 Å². The van der Waals surface area contributed by atoms with Crippen LogP contribution in [0.5, 0.6) is 0 Å². The third-order valence-corrected chi connectivity index (χ3v) is 3.91. The number of nitrogens with one attached hydrogen (secondary N) is 1. The molecule has 0 radical (unpaired) electrons. The largest absolute Gasteiger partial charge is 0.480 e. The fourth-order valence-electron chi connectivity index (χ4n) is 1.44. The minimum Gasteiger partial charge on any atom is -0.480 e. The topological polar surface area (TPSA) is 114 Å². The van der Waals surface area contributed by atoms with E-state index in [1.165, 1.54) is 11.8 Å². The molecule has 1 aliphatic carbocycles. The number of aliphatic carboxylic acids is 1. The third-order valence-electron chi connectivity index (χ3n) is 2.75. The van der Waals surface area contributed by atoms with Crippen LogP contribution in [-0.2, 0) is 14.4 Å². The number of carboxylic acid groups (broad SMARTS) is 1. The van der Waals surface area contributed by atoms with E-state index < -0.39 is 11.2 Å². The van der Waals surface area contributed by atoms with Crippen LogP contribution in [0.4, 0.5) is 0 Å². The van der Waals surface area contributed by atoms with Gasteiger partial charge >= 0.3 is 5.97 Å². The summed E-state index contributed by atoms with van der Waals surface area (Å²) >= 11 is 1.22. The Hall–Kier alpha value is -1.34. The number of carbonyl (C=O) groups excluding carboxylic acids is 2. The van der Waals surface area contributed by atoms with Crippen LogP contribution < -0.4 is 5.32 Å². The molecule has 1 unspecified atom stereocenters. The van der Waals surface area contributed by atoms with Gasteiger partial charge in [-0.1, -0.05) is 0 Å². The Morgan fingerprint density at radius 2 is 2.00 bits per heavy atom. The fraction of sp³-hybridized carbons (Fsp3) is 0.583. The Balaban J connectivity index is 0.000000382. The number of aliphatic hydroxyl groups excluding tert-OH is 1. The average molecular weight is 287 g/mol. The van der Waals surface area contributed by atoms with Gasteiger partial charge in [0.2, 0.25) is 5.91 Å². The molecular weight excluding hydrogens is 270 g/mol. The normalized spacial score (nSPS) is 18.6. The van der Waals surface area contributed by atoms with Crippen LogP contribution in [0.1, 0.15) is 19.8 Å². The number of aliphatic hydroxyl groups is 1. The maximum Gasteiger partial charge on any atom is 0.316 e. The van der Waals surface area contributed by atoms with Crippen molar-refractivity contribution >= 4 is 29.4 Å². The predicted molar refractivity (Wildman–Crippen MR) is 70.9 cm³/mol. The number of Topliss-reactive ketones (excluding diaryl/α,β-unsaturated/α-hetero) is 1. The van der Waals surface area contributed by atoms with Crippen molar-refractivity contribution in [3.8, 4) is 0 Å². The lowest BCUT2D eigenvalue weighted by Gasteiger charge is -2.07. The SMILES string of the molecule is CC(SCC1=C(CO)CCC1=O)C(=O)O.O=C1CN1. The first-order valence-corrected chi connectivity index (χ1v) is 6.96. The van der Waals surface area contributed by atoms with E-state index in [2.05, 4.69) is 5.32 Å². The number of amides is 1. The summed E-state index contributed by atoms with van der Waals surface area (Å²) in [5, 5.41) is 19.6. The Labute approximate surface area is 115 Å². The van der Waals surface area contributed by atoms with Gasteiger partial charge < -0.3 is 15.5 Å². The molecule has 0 aromatic heterocycles. The zero-order valence-electron chi connectivity index (χ0n) is 10.6. The number of hydrogen-bond acceptors (Lipinski definition) is 5. The summed E-state index contributed by atoms with van der Waals surface area (Å²) < 4.78 is 0. The van der Waals surface area contributed by atoms with Crippen molar-refractivity contribution < 1.29 is 24.6 Å². The molecule has 1 heterocycles. The highest BCUT2D eigenvalue weighted by atomic mass is 32.2. The molecule has 7 heteroatoms. The van der Waals surface area contributed by atoms with Crippen molar-refractivity contribution in [3.63, 3.8) is 0 Å². The van der Waals surface area contributed by atoms with Gasteiger partial charge in [-0.15, -0.1) is 11.8 Å². The van der Waals surface area contributed by atoms with Crippen LogP contribution in [0.25, 0.3) is 0 Å². The van der Waals surface area contributed by atoms with Gasteiger partial charge in [-0.2, -0.15) is 0 Å². The molecule has 0 saturated carbocycles. The molecule has 0 aromatic rings. The van der Waals surface area contributed by atoms with E-state index in [1.54, 1.807) is 6.92 Å². The standard InChI is InChI=1S/C10H14O4S.C2H3NO/c1-6(10(13)14)15-5-8-7(4-11)2-3-9(8)12;4-2-1-3-2/h6,11H,2-5H2,1H3,(H,13,14);1H2,(H,3,4). The van der Waals surface area contributed by atoms with E-state index >= 15 is 0 Å². The van der Waals surface area contributed by atoms with Gasteiger partial charge in [0.1, 0.15) is 0 Å². The van der Waals surface area contributed by atoms with Crippen LogP contribution in [-0.4, -0.2) is 52.0 Å². The number of thioether (sulfide) groups is 1. The molecule has 0 bridgehead atoms. The maximum atomic E-state index is 11.4. The van der Waals surface area contributed by atoms with Crippen LogP contribution in [0.3, 0.4) is 0 Å². The maximum absolute atomic E-state index is 11.4. The predicted octanol–water partition coefficient (Wildman–Crippen LogP) is -0.0393. The van der Waals surface area contributed by atoms with Gasteiger partial charge in [0.05, 0.1) is 18.4 Å². The molecule has 1 saturated heterocycles. The summed E-state index contributed by atoms with van der Waals surface area (Å²) in [6.45, 7) is 2.09. The van der Waals surface area contributed by atoms with Crippen molar-refractivity contribution in [3.05, 3.63) is 11.1 Å². The van der Waals surface area contributed by atoms with E-state index in [0.29, 0.717) is 30.7 Å². The smallest absolute Gasteiger partial charge is 0.316 e. The monoisotopic (exact) mass is 287 g/mol. The second kappa shape index (κ2) is 7.30. The molecule has 106 valence electrons. The van der Waals surface area contributed by atoms with Crippen molar-refractivity contribution in [2.45, 2.75) is 25.0 Å². The van der Waals surface area contributed by atoms with Gasteiger partial charge in [-0.25, -0.2) is 0 Å². The zero-order valence-corrected chi connectivity index (χ0v) is 11.5. The Morgan fingerprint density at radius 1 is 1.42 bits per heavy atom. The molecule has 6 nitrogen and oxygen atoms in total. The third kappa shape index (κ3) is 5.44. The van der Waals surface area contributed by atoms with E-state index in [-0.39, 0.29) is 18.3 Å². The van der Waals surface area contributed by atoms with Gasteiger partial charge in [0.15, 0.2) is 5.78 Å². The summed E-state index contributed by atoms with van der Waals surface area (Å²) in [4.78, 5) is 31.4. The lowest BCUT2D eigenvalue weighted by atomic mass is 10.2. The fourth-order valence-corrected chi connectivity index (χ4v) is 2.36. The summed E-state index contributed by atoms with van der Waals surface area (Å²) in [6, 6.07) is 0. The minimum absolute atomic E-state index is 0.0455. The highest BCUT2D eigenvalue weighted by molar-refractivity contribution is 8.00. The first-order chi connectivity index (χ1) is 8.95. The first kappa shape index (κ1) is 15.7. The quantitative estimate of drug-likeness (QED) is 0.611. The number of carbonyl (C=O) groups is 3. The Morgan fingerprint density at radius 3 is 2.42 bits per heavy atom. The number of rotatable bonds is 5. The highest BCUT2D eigenvalue weighted by Crippen LogP contribution is 2.27. The van der Waals surface area contributed by atoms with Crippen LogP contribution >= 0.6 is 11.8 Å². The highest BCUT2D eigenvalue weighted by Gasteiger charge is 2.23. The van der Waals surface area contributed by atoms with E-state index in [4.69, 9.17) is 10.2 Å². The van der Waals surface area contributed by atoms with Crippen LogP contribution in [0, 0.1) is 0 Å². The summed E-state index contributed by atoms with van der Waals surface area (Å²) in [6.07, 6.45) is 1.07. The van der Waals surface area contributed by atoms with E-state index in [1.807, 2.05) is 0 Å². The molecule has 1 atom stereocenters. The van der Waals surface area contributed by atoms with Crippen molar-refractivity contribution in [2.24, 2.45) is 0 Å². The van der Waals surface area contributed by atoms with Crippen molar-refractivity contribution in [1.29, 1.82) is 0 Å². The summed E-state index contributed by atoms with van der Waals surface area (Å²) in [7, 11) is 0. The molecule has 3 N–H and O–H groups in total. The van der Waals surface area contributed by atoms with Gasteiger partial charge in [0.25, 0.3) is 0 Å².